The fraction of sp³-hybridized carbons (Fsp3) is 0.368. The van der Waals surface area contributed by atoms with Gasteiger partial charge in [0, 0.05) is 41.4 Å². The van der Waals surface area contributed by atoms with Gasteiger partial charge in [0.05, 0.1) is 17.1 Å². The molecular weight excluding hydrogens is 336 g/mol. The van der Waals surface area contributed by atoms with Crippen molar-refractivity contribution in [2.45, 2.75) is 39.0 Å². The third-order valence-corrected chi connectivity index (χ3v) is 4.69. The molecule has 0 spiro atoms. The molecule has 1 atom stereocenters. The molecule has 0 unspecified atom stereocenters. The van der Waals surface area contributed by atoms with Crippen LogP contribution >= 0.6 is 0 Å². The first kappa shape index (κ1) is 17.8. The second-order valence-corrected chi connectivity index (χ2v) is 6.34. The van der Waals surface area contributed by atoms with Gasteiger partial charge in [0.15, 0.2) is 5.78 Å². The molecule has 1 aliphatic heterocycles. The van der Waals surface area contributed by atoms with E-state index in [1.54, 1.807) is 26.0 Å². The van der Waals surface area contributed by atoms with Crippen LogP contribution in [0.5, 0.6) is 0 Å². The maximum atomic E-state index is 12.7. The SMILES string of the molecule is CCOC(=O)C1=C(C)NC2=C(C(=O)CCC2)[C@@H]1c1cccc([N+](=O)[O-])c1. The Hall–Kier alpha value is -2.96. The van der Waals surface area contributed by atoms with Crippen LogP contribution < -0.4 is 5.32 Å². The van der Waals surface area contributed by atoms with Gasteiger partial charge in [-0.3, -0.25) is 14.9 Å². The normalized spacial score (nSPS) is 19.8. The number of Topliss-reactive ketones (excluding diaryl/α,β-unsaturated/α-hetero) is 1. The van der Waals surface area contributed by atoms with Gasteiger partial charge in [-0.25, -0.2) is 4.79 Å². The number of rotatable bonds is 4. The summed E-state index contributed by atoms with van der Waals surface area (Å²) in [6, 6.07) is 6.10. The van der Waals surface area contributed by atoms with Gasteiger partial charge in [-0.1, -0.05) is 12.1 Å². The van der Waals surface area contributed by atoms with E-state index in [0.717, 1.165) is 12.1 Å². The summed E-state index contributed by atoms with van der Waals surface area (Å²) in [4.78, 5) is 36.0. The number of benzene rings is 1. The molecule has 26 heavy (non-hydrogen) atoms. The van der Waals surface area contributed by atoms with Gasteiger partial charge >= 0.3 is 5.97 Å². The first-order chi connectivity index (χ1) is 12.4. The van der Waals surface area contributed by atoms with E-state index in [4.69, 9.17) is 4.74 Å². The zero-order valence-electron chi connectivity index (χ0n) is 14.7. The van der Waals surface area contributed by atoms with Crippen molar-refractivity contribution in [2.75, 3.05) is 6.61 Å². The summed E-state index contributed by atoms with van der Waals surface area (Å²) in [7, 11) is 0. The zero-order valence-corrected chi connectivity index (χ0v) is 14.7. The summed E-state index contributed by atoms with van der Waals surface area (Å²) < 4.78 is 5.19. The van der Waals surface area contributed by atoms with Gasteiger partial charge in [0.1, 0.15) is 0 Å². The number of carbonyl (C=O) groups excluding carboxylic acids is 2. The van der Waals surface area contributed by atoms with Gasteiger partial charge in [-0.15, -0.1) is 0 Å². The molecule has 0 bridgehead atoms. The van der Waals surface area contributed by atoms with Gasteiger partial charge in [-0.05, 0) is 32.3 Å². The van der Waals surface area contributed by atoms with E-state index in [0.29, 0.717) is 35.2 Å². The van der Waals surface area contributed by atoms with Crippen LogP contribution in [0, 0.1) is 10.1 Å². The average molecular weight is 356 g/mol. The molecular formula is C19H20N2O5. The van der Waals surface area contributed by atoms with Gasteiger partial charge in [-0.2, -0.15) is 0 Å². The molecule has 2 aliphatic rings. The molecule has 7 heteroatoms. The Kier molecular flexibility index (Phi) is 4.88. The van der Waals surface area contributed by atoms with Crippen molar-refractivity contribution in [2.24, 2.45) is 0 Å². The quantitative estimate of drug-likeness (QED) is 0.505. The van der Waals surface area contributed by atoms with Crippen molar-refractivity contribution in [3.05, 3.63) is 62.5 Å². The van der Waals surface area contributed by atoms with Crippen molar-refractivity contribution in [3.8, 4) is 0 Å². The van der Waals surface area contributed by atoms with Crippen LogP contribution in [-0.4, -0.2) is 23.3 Å². The number of allylic oxidation sites excluding steroid dienone is 3. The Morgan fingerprint density at radius 3 is 2.85 bits per heavy atom. The molecule has 0 fully saturated rings. The van der Waals surface area contributed by atoms with Crippen LogP contribution in [0.1, 0.15) is 44.6 Å². The Morgan fingerprint density at radius 1 is 1.38 bits per heavy atom. The first-order valence-electron chi connectivity index (χ1n) is 8.59. The Bertz CT molecular complexity index is 853. The van der Waals surface area contributed by atoms with Crippen molar-refractivity contribution < 1.29 is 19.2 Å². The predicted octanol–water partition coefficient (Wildman–Crippen LogP) is 3.13. The smallest absolute Gasteiger partial charge is 0.336 e. The lowest BCUT2D eigenvalue weighted by molar-refractivity contribution is -0.384. The van der Waals surface area contributed by atoms with Gasteiger partial charge in [0.25, 0.3) is 5.69 Å². The maximum absolute atomic E-state index is 12.7. The molecule has 0 aromatic heterocycles. The van der Waals surface area contributed by atoms with Crippen LogP contribution in [0.15, 0.2) is 46.8 Å². The minimum atomic E-state index is -0.655. The lowest BCUT2D eigenvalue weighted by atomic mass is 9.75. The monoisotopic (exact) mass is 356 g/mol. The highest BCUT2D eigenvalue weighted by atomic mass is 16.6. The molecule has 1 aliphatic carbocycles. The van der Waals surface area contributed by atoms with Gasteiger partial charge in [0.2, 0.25) is 0 Å². The van der Waals surface area contributed by atoms with Crippen molar-refractivity contribution in [1.29, 1.82) is 0 Å². The van der Waals surface area contributed by atoms with Crippen LogP contribution in [0.25, 0.3) is 0 Å². The summed E-state index contributed by atoms with van der Waals surface area (Å²) >= 11 is 0. The number of nitrogens with zero attached hydrogens (tertiary/aromatic N) is 1. The van der Waals surface area contributed by atoms with Crippen molar-refractivity contribution >= 4 is 17.4 Å². The number of non-ortho nitro benzene ring substituents is 1. The highest BCUT2D eigenvalue weighted by Gasteiger charge is 2.39. The molecule has 1 aromatic carbocycles. The molecule has 1 aromatic rings. The number of hydrogen-bond acceptors (Lipinski definition) is 6. The topological polar surface area (TPSA) is 98.5 Å². The van der Waals surface area contributed by atoms with E-state index in [9.17, 15) is 19.7 Å². The number of ketones is 1. The number of dihydropyridines is 1. The lowest BCUT2D eigenvalue weighted by Gasteiger charge is -2.34. The Balaban J connectivity index is 2.19. The molecule has 7 nitrogen and oxygen atoms in total. The minimum absolute atomic E-state index is 0.0374. The van der Waals surface area contributed by atoms with E-state index in [2.05, 4.69) is 5.32 Å². The average Bonchev–Trinajstić information content (AvgIpc) is 2.61. The maximum Gasteiger partial charge on any atom is 0.336 e. The van der Waals surface area contributed by atoms with E-state index >= 15 is 0 Å². The molecule has 0 saturated heterocycles. The number of nitrogens with one attached hydrogen (secondary N) is 1. The zero-order chi connectivity index (χ0) is 18.8. The summed E-state index contributed by atoms with van der Waals surface area (Å²) in [5.74, 6) is -1.21. The summed E-state index contributed by atoms with van der Waals surface area (Å²) in [5.41, 5.74) is 2.74. The summed E-state index contributed by atoms with van der Waals surface area (Å²) in [6.45, 7) is 3.68. The second-order valence-electron chi connectivity index (χ2n) is 6.34. The highest BCUT2D eigenvalue weighted by Crippen LogP contribution is 2.43. The Morgan fingerprint density at radius 2 is 2.15 bits per heavy atom. The van der Waals surface area contributed by atoms with Gasteiger partial charge < -0.3 is 10.1 Å². The number of esters is 1. The third-order valence-electron chi connectivity index (χ3n) is 4.69. The third kappa shape index (κ3) is 3.12. The summed E-state index contributed by atoms with van der Waals surface area (Å²) in [6.07, 6.45) is 1.86. The number of nitro benzene ring substituents is 1. The fourth-order valence-electron chi connectivity index (χ4n) is 3.61. The summed E-state index contributed by atoms with van der Waals surface area (Å²) in [5, 5.41) is 14.4. The van der Waals surface area contributed by atoms with Crippen LogP contribution in [0.4, 0.5) is 5.69 Å². The van der Waals surface area contributed by atoms with Crippen LogP contribution in [0.2, 0.25) is 0 Å². The largest absolute Gasteiger partial charge is 0.463 e. The lowest BCUT2D eigenvalue weighted by Crippen LogP contribution is -2.34. The van der Waals surface area contributed by atoms with E-state index < -0.39 is 16.8 Å². The molecule has 0 radical (unpaired) electrons. The number of hydrogen-bond donors (Lipinski definition) is 1. The highest BCUT2D eigenvalue weighted by molar-refractivity contribution is 6.03. The number of carbonyl (C=O) groups is 2. The van der Waals surface area contributed by atoms with Crippen molar-refractivity contribution in [3.63, 3.8) is 0 Å². The molecule has 0 saturated carbocycles. The minimum Gasteiger partial charge on any atom is -0.463 e. The van der Waals surface area contributed by atoms with Crippen LogP contribution in [-0.2, 0) is 14.3 Å². The van der Waals surface area contributed by atoms with E-state index in [1.807, 2.05) is 0 Å². The first-order valence-corrected chi connectivity index (χ1v) is 8.59. The fourth-order valence-corrected chi connectivity index (χ4v) is 3.61. The van der Waals surface area contributed by atoms with Crippen LogP contribution in [0.3, 0.4) is 0 Å². The Labute approximate surface area is 150 Å². The second kappa shape index (κ2) is 7.11. The molecule has 0 amide bonds. The number of nitro groups is 1. The predicted molar refractivity (Wildman–Crippen MR) is 94.2 cm³/mol. The molecule has 1 N–H and O–H groups in total. The van der Waals surface area contributed by atoms with E-state index in [-0.39, 0.29) is 18.1 Å². The number of ether oxygens (including phenoxy) is 1. The molecule has 1 heterocycles. The molecule has 136 valence electrons. The standard InChI is InChI=1S/C19H20N2O5/c1-3-26-19(23)16-11(2)20-14-8-5-9-15(22)18(14)17(16)12-6-4-7-13(10-12)21(24)25/h4,6-7,10,17,20H,3,5,8-9H2,1-2H3/t17-/m1/s1. The molecule has 3 rings (SSSR count). The van der Waals surface area contributed by atoms with E-state index in [1.165, 1.54) is 12.1 Å². The van der Waals surface area contributed by atoms with Crippen molar-refractivity contribution in [1.82, 2.24) is 5.32 Å².